The number of hydrogen-bond donors (Lipinski definition) is 1. The number of hydrogen-bond acceptors (Lipinski definition) is 5. The van der Waals surface area contributed by atoms with Crippen LogP contribution in [0.1, 0.15) is 5.56 Å². The molecule has 118 valence electrons. The smallest absolute Gasteiger partial charge is 0.164 e. The van der Waals surface area contributed by atoms with Crippen molar-refractivity contribution in [1.29, 1.82) is 0 Å². The van der Waals surface area contributed by atoms with Crippen LogP contribution in [0.15, 0.2) is 12.1 Å². The van der Waals surface area contributed by atoms with Crippen LogP contribution in [-0.4, -0.2) is 58.0 Å². The fourth-order valence-electron chi connectivity index (χ4n) is 2.42. The monoisotopic (exact) mass is 314 g/mol. The second-order valence-corrected chi connectivity index (χ2v) is 5.64. The molecule has 0 amide bonds. The normalized spacial score (nSPS) is 19.5. The van der Waals surface area contributed by atoms with Gasteiger partial charge in [0.05, 0.1) is 13.7 Å². The third kappa shape index (κ3) is 4.48. The summed E-state index contributed by atoms with van der Waals surface area (Å²) in [5.41, 5.74) is 6.62. The lowest BCUT2D eigenvalue weighted by atomic mass is 10.1. The van der Waals surface area contributed by atoms with E-state index in [0.29, 0.717) is 36.1 Å². The molecule has 0 aliphatic carbocycles. The number of nitrogens with two attached hydrogens (primary N) is 1. The Hall–Kier alpha value is -1.01. The molecule has 1 aromatic rings. The predicted molar refractivity (Wildman–Crippen MR) is 83.5 cm³/mol. The van der Waals surface area contributed by atoms with Gasteiger partial charge in [0, 0.05) is 29.7 Å². The highest BCUT2D eigenvalue weighted by Crippen LogP contribution is 2.35. The average Bonchev–Trinajstić information content (AvgIpc) is 2.46. The lowest BCUT2D eigenvalue weighted by Gasteiger charge is -2.30. The quantitative estimate of drug-likeness (QED) is 0.863. The van der Waals surface area contributed by atoms with E-state index >= 15 is 0 Å². The zero-order valence-corrected chi connectivity index (χ0v) is 13.4. The molecule has 1 heterocycles. The fraction of sp³-hybridized carbons (Fsp3) is 0.600. The van der Waals surface area contributed by atoms with Crippen LogP contribution in [0.5, 0.6) is 11.5 Å². The van der Waals surface area contributed by atoms with E-state index in [4.69, 9.17) is 31.5 Å². The van der Waals surface area contributed by atoms with Gasteiger partial charge in [-0.3, -0.25) is 0 Å². The average molecular weight is 315 g/mol. The molecule has 0 spiro atoms. The number of methoxy groups -OCH3 is 1. The summed E-state index contributed by atoms with van der Waals surface area (Å²) >= 11 is 6.10. The minimum absolute atomic E-state index is 0.0647. The van der Waals surface area contributed by atoms with Crippen LogP contribution in [0.25, 0.3) is 0 Å². The first-order chi connectivity index (χ1) is 10.1. The summed E-state index contributed by atoms with van der Waals surface area (Å²) in [5, 5.41) is 0.622. The summed E-state index contributed by atoms with van der Waals surface area (Å²) in [7, 11) is 3.69. The highest BCUT2D eigenvalue weighted by Gasteiger charge is 2.20. The molecule has 0 aromatic heterocycles. The van der Waals surface area contributed by atoms with Crippen molar-refractivity contribution in [3.63, 3.8) is 0 Å². The van der Waals surface area contributed by atoms with Crippen molar-refractivity contribution in [3.8, 4) is 11.5 Å². The van der Waals surface area contributed by atoms with Gasteiger partial charge < -0.3 is 24.8 Å². The van der Waals surface area contributed by atoms with Gasteiger partial charge in [0.1, 0.15) is 12.7 Å². The third-order valence-corrected chi connectivity index (χ3v) is 3.70. The van der Waals surface area contributed by atoms with Crippen LogP contribution >= 0.6 is 11.6 Å². The van der Waals surface area contributed by atoms with Gasteiger partial charge >= 0.3 is 0 Å². The van der Waals surface area contributed by atoms with Gasteiger partial charge in [-0.1, -0.05) is 11.6 Å². The van der Waals surface area contributed by atoms with Gasteiger partial charge in [-0.05, 0) is 26.1 Å². The summed E-state index contributed by atoms with van der Waals surface area (Å²) in [5.74, 6) is 1.35. The predicted octanol–water partition coefficient (Wildman–Crippen LogP) is 1.56. The number of morpholine rings is 1. The SMILES string of the molecule is COc1cc(Cl)cc(CCN)c1OCC1CN(C)CCO1. The number of benzene rings is 1. The number of likely N-dealkylation sites (N-methyl/N-ethyl adjacent to an activating group) is 1. The molecule has 1 aliphatic heterocycles. The van der Waals surface area contributed by atoms with Crippen LogP contribution in [0.4, 0.5) is 0 Å². The molecule has 2 rings (SSSR count). The van der Waals surface area contributed by atoms with E-state index in [0.717, 1.165) is 25.3 Å². The zero-order valence-electron chi connectivity index (χ0n) is 12.6. The van der Waals surface area contributed by atoms with Gasteiger partial charge in [0.2, 0.25) is 0 Å². The molecule has 5 nitrogen and oxygen atoms in total. The summed E-state index contributed by atoms with van der Waals surface area (Å²) in [6.07, 6.45) is 0.757. The molecule has 0 radical (unpaired) electrons. The van der Waals surface area contributed by atoms with E-state index in [9.17, 15) is 0 Å². The fourth-order valence-corrected chi connectivity index (χ4v) is 2.65. The lowest BCUT2D eigenvalue weighted by molar-refractivity contribution is -0.0407. The number of rotatable bonds is 6. The van der Waals surface area contributed by atoms with E-state index in [2.05, 4.69) is 11.9 Å². The van der Waals surface area contributed by atoms with Crippen molar-refractivity contribution in [2.45, 2.75) is 12.5 Å². The molecule has 1 aliphatic rings. The van der Waals surface area contributed by atoms with Crippen molar-refractivity contribution < 1.29 is 14.2 Å². The van der Waals surface area contributed by atoms with E-state index in [-0.39, 0.29) is 6.10 Å². The van der Waals surface area contributed by atoms with Crippen molar-refractivity contribution >= 4 is 11.6 Å². The van der Waals surface area contributed by atoms with Gasteiger partial charge in [0.25, 0.3) is 0 Å². The molecule has 1 aromatic carbocycles. The van der Waals surface area contributed by atoms with Gasteiger partial charge in [-0.2, -0.15) is 0 Å². The molecule has 0 bridgehead atoms. The highest BCUT2D eigenvalue weighted by atomic mass is 35.5. The Balaban J connectivity index is 2.10. The van der Waals surface area contributed by atoms with Crippen molar-refractivity contribution in [2.75, 3.05) is 47.0 Å². The molecule has 6 heteroatoms. The van der Waals surface area contributed by atoms with E-state index in [1.54, 1.807) is 13.2 Å². The van der Waals surface area contributed by atoms with Gasteiger partial charge in [-0.25, -0.2) is 0 Å². The summed E-state index contributed by atoms with van der Waals surface area (Å²) in [6.45, 7) is 3.57. The Bertz CT molecular complexity index is 470. The Morgan fingerprint density at radius 2 is 2.29 bits per heavy atom. The summed E-state index contributed by atoms with van der Waals surface area (Å²) in [4.78, 5) is 2.23. The Morgan fingerprint density at radius 1 is 1.48 bits per heavy atom. The first-order valence-corrected chi connectivity index (χ1v) is 7.51. The standard InChI is InChI=1S/C15H23ClN2O3/c1-18-5-6-20-13(9-18)10-21-15-11(3-4-17)7-12(16)8-14(15)19-2/h7-8,13H,3-6,9-10,17H2,1-2H3. The zero-order chi connectivity index (χ0) is 15.2. The first kappa shape index (κ1) is 16.4. The third-order valence-electron chi connectivity index (χ3n) is 3.49. The van der Waals surface area contributed by atoms with E-state index in [1.807, 2.05) is 6.07 Å². The molecular formula is C15H23ClN2O3. The lowest BCUT2D eigenvalue weighted by Crippen LogP contribution is -2.42. The maximum atomic E-state index is 6.10. The second-order valence-electron chi connectivity index (χ2n) is 5.20. The van der Waals surface area contributed by atoms with Crippen LogP contribution in [0, 0.1) is 0 Å². The van der Waals surface area contributed by atoms with E-state index in [1.165, 1.54) is 0 Å². The molecule has 1 saturated heterocycles. The van der Waals surface area contributed by atoms with Gasteiger partial charge in [0.15, 0.2) is 11.5 Å². The Labute approximate surface area is 130 Å². The van der Waals surface area contributed by atoms with Crippen LogP contribution < -0.4 is 15.2 Å². The molecule has 2 N–H and O–H groups in total. The molecule has 21 heavy (non-hydrogen) atoms. The van der Waals surface area contributed by atoms with Crippen molar-refractivity contribution in [3.05, 3.63) is 22.7 Å². The Kier molecular flexibility index (Phi) is 6.11. The largest absolute Gasteiger partial charge is 0.493 e. The molecule has 1 unspecified atom stereocenters. The minimum Gasteiger partial charge on any atom is -0.493 e. The summed E-state index contributed by atoms with van der Waals surface area (Å²) < 4.78 is 17.0. The van der Waals surface area contributed by atoms with Gasteiger partial charge in [-0.15, -0.1) is 0 Å². The topological polar surface area (TPSA) is 57.0 Å². The molecule has 1 fully saturated rings. The second kappa shape index (κ2) is 7.84. The van der Waals surface area contributed by atoms with E-state index < -0.39 is 0 Å². The van der Waals surface area contributed by atoms with Crippen molar-refractivity contribution in [2.24, 2.45) is 5.73 Å². The minimum atomic E-state index is 0.0647. The molecule has 0 saturated carbocycles. The maximum absolute atomic E-state index is 6.10. The number of halogens is 1. The number of ether oxygens (including phenoxy) is 3. The van der Waals surface area contributed by atoms with Crippen LogP contribution in [0.3, 0.4) is 0 Å². The molecular weight excluding hydrogens is 292 g/mol. The van der Waals surface area contributed by atoms with Crippen LogP contribution in [-0.2, 0) is 11.2 Å². The first-order valence-electron chi connectivity index (χ1n) is 7.13. The molecule has 1 atom stereocenters. The highest BCUT2D eigenvalue weighted by molar-refractivity contribution is 6.30. The van der Waals surface area contributed by atoms with Crippen molar-refractivity contribution in [1.82, 2.24) is 4.90 Å². The number of nitrogens with zero attached hydrogens (tertiary/aromatic N) is 1. The Morgan fingerprint density at radius 3 is 2.95 bits per heavy atom. The van der Waals surface area contributed by atoms with Crippen LogP contribution in [0.2, 0.25) is 5.02 Å². The maximum Gasteiger partial charge on any atom is 0.164 e. The summed E-state index contributed by atoms with van der Waals surface area (Å²) in [6, 6.07) is 3.63.